The first-order valence-corrected chi connectivity index (χ1v) is 8.26. The summed E-state index contributed by atoms with van der Waals surface area (Å²) in [5.74, 6) is 1.29. The van der Waals surface area contributed by atoms with Gasteiger partial charge in [-0.15, -0.1) is 0 Å². The maximum absolute atomic E-state index is 10.7. The van der Waals surface area contributed by atoms with Gasteiger partial charge in [-0.25, -0.2) is 0 Å². The highest BCUT2D eigenvalue weighted by molar-refractivity contribution is 14.1. The summed E-state index contributed by atoms with van der Waals surface area (Å²) >= 11 is 2.27. The molecule has 1 rings (SSSR count). The summed E-state index contributed by atoms with van der Waals surface area (Å²) in [4.78, 5) is 10.7. The van der Waals surface area contributed by atoms with Gasteiger partial charge in [0.1, 0.15) is 5.75 Å². The van der Waals surface area contributed by atoms with Crippen molar-refractivity contribution in [1.82, 2.24) is 5.32 Å². The maximum atomic E-state index is 10.7. The van der Waals surface area contributed by atoms with Gasteiger partial charge in [0.15, 0.2) is 0 Å². The molecular formula is C16H24INO3. The van der Waals surface area contributed by atoms with E-state index in [1.807, 2.05) is 0 Å². The van der Waals surface area contributed by atoms with Gasteiger partial charge in [0.2, 0.25) is 6.41 Å². The van der Waals surface area contributed by atoms with Gasteiger partial charge in [-0.3, -0.25) is 4.79 Å². The fourth-order valence-electron chi connectivity index (χ4n) is 2.00. The van der Waals surface area contributed by atoms with Crippen molar-refractivity contribution < 1.29 is 14.3 Å². The van der Waals surface area contributed by atoms with Gasteiger partial charge in [0.25, 0.3) is 0 Å². The van der Waals surface area contributed by atoms with E-state index in [0.717, 1.165) is 28.6 Å². The van der Waals surface area contributed by atoms with Crippen molar-refractivity contribution >= 4 is 29.0 Å². The Morgan fingerprint density at radius 2 is 2.10 bits per heavy atom. The number of carbonyl (C=O) groups is 1. The molecule has 1 N–H and O–H groups in total. The molecule has 0 radical (unpaired) electrons. The molecule has 0 spiro atoms. The Kier molecular flexibility index (Phi) is 8.68. The Morgan fingerprint density at radius 3 is 2.71 bits per heavy atom. The molecule has 0 fully saturated rings. The molecule has 0 aromatic heterocycles. The molecule has 1 aromatic carbocycles. The number of carbonyl (C=O) groups excluding carboxylic acids is 1. The molecule has 0 saturated carbocycles. The number of benzene rings is 1. The minimum absolute atomic E-state index is 0.143. The zero-order valence-corrected chi connectivity index (χ0v) is 15.1. The first-order chi connectivity index (χ1) is 10.1. The van der Waals surface area contributed by atoms with Crippen LogP contribution in [0.3, 0.4) is 0 Å². The van der Waals surface area contributed by atoms with E-state index in [1.165, 1.54) is 5.56 Å². The number of hydrogen-bond donors (Lipinski definition) is 1. The largest absolute Gasteiger partial charge is 0.492 e. The quantitative estimate of drug-likeness (QED) is 0.370. The molecule has 1 amide bonds. The Hall–Kier alpha value is -0.820. The fourth-order valence-corrected chi connectivity index (χ4v) is 2.49. The highest BCUT2D eigenvalue weighted by Crippen LogP contribution is 2.24. The molecule has 1 atom stereocenters. The first kappa shape index (κ1) is 18.2. The number of methoxy groups -OCH3 is 1. The van der Waals surface area contributed by atoms with Crippen molar-refractivity contribution in [3.63, 3.8) is 0 Å². The Bertz CT molecular complexity index is 438. The molecule has 0 bridgehead atoms. The van der Waals surface area contributed by atoms with Crippen LogP contribution < -0.4 is 10.1 Å². The molecule has 0 aliphatic carbocycles. The molecular weight excluding hydrogens is 381 g/mol. The van der Waals surface area contributed by atoms with E-state index >= 15 is 0 Å². The average Bonchev–Trinajstić information content (AvgIpc) is 2.46. The van der Waals surface area contributed by atoms with Gasteiger partial charge >= 0.3 is 0 Å². The summed E-state index contributed by atoms with van der Waals surface area (Å²) < 4.78 is 11.9. The molecule has 1 unspecified atom stereocenters. The van der Waals surface area contributed by atoms with Crippen LogP contribution in [0.5, 0.6) is 5.75 Å². The van der Waals surface area contributed by atoms with Gasteiger partial charge in [0, 0.05) is 26.2 Å². The summed E-state index contributed by atoms with van der Waals surface area (Å²) in [5.41, 5.74) is 1.17. The van der Waals surface area contributed by atoms with E-state index in [0.29, 0.717) is 19.1 Å². The van der Waals surface area contributed by atoms with Crippen molar-refractivity contribution in [1.29, 1.82) is 0 Å². The molecule has 4 nitrogen and oxygen atoms in total. The van der Waals surface area contributed by atoms with Gasteiger partial charge in [-0.2, -0.15) is 0 Å². The summed E-state index contributed by atoms with van der Waals surface area (Å²) in [6, 6.07) is 6.35. The van der Waals surface area contributed by atoms with E-state index in [9.17, 15) is 4.79 Å². The van der Waals surface area contributed by atoms with Gasteiger partial charge in [-0.05, 0) is 52.6 Å². The number of hydrogen-bond acceptors (Lipinski definition) is 3. The summed E-state index contributed by atoms with van der Waals surface area (Å²) in [5, 5.41) is 2.88. The normalized spacial score (nSPS) is 12.2. The van der Waals surface area contributed by atoms with E-state index in [1.54, 1.807) is 7.11 Å². The monoisotopic (exact) mass is 405 g/mol. The Balaban J connectivity index is 2.68. The van der Waals surface area contributed by atoms with E-state index in [-0.39, 0.29) is 6.04 Å². The van der Waals surface area contributed by atoms with Crippen LogP contribution in [0.15, 0.2) is 18.2 Å². The highest BCUT2D eigenvalue weighted by Gasteiger charge is 2.14. The molecule has 0 aliphatic rings. The molecule has 21 heavy (non-hydrogen) atoms. The molecule has 0 saturated heterocycles. The van der Waals surface area contributed by atoms with Gasteiger partial charge < -0.3 is 14.8 Å². The fraction of sp³-hybridized carbons (Fsp3) is 0.562. The summed E-state index contributed by atoms with van der Waals surface area (Å²) in [7, 11) is 1.69. The molecule has 118 valence electrons. The Labute approximate surface area is 140 Å². The maximum Gasteiger partial charge on any atom is 0.207 e. The standard InChI is InChI=1S/C16H24INO3/c1-12(2)15(18-11-19)9-13-5-6-14(17)16(10-13)21-8-4-7-20-3/h5-6,10-12,15H,4,7-9H2,1-3H3,(H,18,19). The van der Waals surface area contributed by atoms with Crippen LogP contribution in [0, 0.1) is 9.49 Å². The predicted octanol–water partition coefficient (Wildman–Crippen LogP) is 3.02. The second kappa shape index (κ2) is 10.00. The first-order valence-electron chi connectivity index (χ1n) is 7.18. The van der Waals surface area contributed by atoms with Crippen LogP contribution in [0.1, 0.15) is 25.8 Å². The van der Waals surface area contributed by atoms with Crippen LogP contribution in [0.4, 0.5) is 0 Å². The van der Waals surface area contributed by atoms with E-state index in [4.69, 9.17) is 9.47 Å². The van der Waals surface area contributed by atoms with Crippen molar-refractivity contribution in [3.05, 3.63) is 27.3 Å². The van der Waals surface area contributed by atoms with Crippen LogP contribution in [0.2, 0.25) is 0 Å². The number of amides is 1. The van der Waals surface area contributed by atoms with E-state index < -0.39 is 0 Å². The lowest BCUT2D eigenvalue weighted by atomic mass is 9.96. The second-order valence-corrected chi connectivity index (χ2v) is 6.46. The predicted molar refractivity (Wildman–Crippen MR) is 92.7 cm³/mol. The SMILES string of the molecule is COCCCOc1cc(CC(NC=O)C(C)C)ccc1I. The molecule has 1 aromatic rings. The van der Waals surface area contributed by atoms with Crippen molar-refractivity contribution in [3.8, 4) is 5.75 Å². The van der Waals surface area contributed by atoms with Gasteiger partial charge in [-0.1, -0.05) is 19.9 Å². The number of nitrogens with one attached hydrogen (secondary N) is 1. The number of ether oxygens (including phenoxy) is 2. The molecule has 0 aliphatic heterocycles. The number of rotatable bonds is 10. The van der Waals surface area contributed by atoms with Crippen LogP contribution in [-0.2, 0) is 16.0 Å². The van der Waals surface area contributed by atoms with Crippen molar-refractivity contribution in [2.75, 3.05) is 20.3 Å². The Morgan fingerprint density at radius 1 is 1.33 bits per heavy atom. The lowest BCUT2D eigenvalue weighted by molar-refractivity contribution is -0.110. The lowest BCUT2D eigenvalue weighted by Crippen LogP contribution is -2.34. The van der Waals surface area contributed by atoms with Crippen LogP contribution >= 0.6 is 22.6 Å². The highest BCUT2D eigenvalue weighted by atomic mass is 127. The van der Waals surface area contributed by atoms with Crippen LogP contribution in [0.25, 0.3) is 0 Å². The van der Waals surface area contributed by atoms with Crippen molar-refractivity contribution in [2.45, 2.75) is 32.7 Å². The topological polar surface area (TPSA) is 47.6 Å². The third-order valence-electron chi connectivity index (χ3n) is 3.29. The number of halogens is 1. The lowest BCUT2D eigenvalue weighted by Gasteiger charge is -2.20. The summed E-state index contributed by atoms with van der Waals surface area (Å²) in [6.07, 6.45) is 2.46. The summed E-state index contributed by atoms with van der Waals surface area (Å²) in [6.45, 7) is 5.56. The third kappa shape index (κ3) is 6.65. The zero-order chi connectivity index (χ0) is 15.7. The minimum atomic E-state index is 0.143. The van der Waals surface area contributed by atoms with E-state index in [2.05, 4.69) is 60.0 Å². The zero-order valence-electron chi connectivity index (χ0n) is 12.9. The smallest absolute Gasteiger partial charge is 0.207 e. The molecule has 0 heterocycles. The van der Waals surface area contributed by atoms with Crippen molar-refractivity contribution in [2.24, 2.45) is 5.92 Å². The third-order valence-corrected chi connectivity index (χ3v) is 4.18. The second-order valence-electron chi connectivity index (χ2n) is 5.30. The van der Waals surface area contributed by atoms with Crippen LogP contribution in [-0.4, -0.2) is 32.8 Å². The van der Waals surface area contributed by atoms with Gasteiger partial charge in [0.05, 0.1) is 10.2 Å². The minimum Gasteiger partial charge on any atom is -0.492 e. The average molecular weight is 405 g/mol. The molecule has 5 heteroatoms.